The van der Waals surface area contributed by atoms with Crippen molar-refractivity contribution in [2.24, 2.45) is 11.7 Å². The number of ether oxygens (including phenoxy) is 2. The Balaban J connectivity index is 1.46. The van der Waals surface area contributed by atoms with E-state index in [4.69, 9.17) is 15.2 Å². The normalized spacial score (nSPS) is 29.3. The molecule has 1 amide bonds. The van der Waals surface area contributed by atoms with E-state index >= 15 is 0 Å². The maximum absolute atomic E-state index is 12.8. The van der Waals surface area contributed by atoms with E-state index in [2.05, 4.69) is 6.07 Å². The monoisotopic (exact) mass is 316 g/mol. The topological polar surface area (TPSA) is 64.8 Å². The highest BCUT2D eigenvalue weighted by atomic mass is 16.6. The summed E-state index contributed by atoms with van der Waals surface area (Å²) in [6, 6.07) is 6.32. The molecule has 2 N–H and O–H groups in total. The van der Waals surface area contributed by atoms with Crippen molar-refractivity contribution in [1.29, 1.82) is 0 Å². The number of amides is 1. The van der Waals surface area contributed by atoms with Crippen LogP contribution in [0, 0.1) is 5.92 Å². The molecule has 1 saturated heterocycles. The third kappa shape index (κ3) is 2.78. The fourth-order valence-corrected chi connectivity index (χ4v) is 3.88. The molecule has 23 heavy (non-hydrogen) atoms. The van der Waals surface area contributed by atoms with Gasteiger partial charge in [-0.2, -0.15) is 0 Å². The summed E-state index contributed by atoms with van der Waals surface area (Å²) in [5, 5.41) is 0. The molecule has 3 atom stereocenters. The first kappa shape index (κ1) is 14.8. The minimum absolute atomic E-state index is 0.115. The highest BCUT2D eigenvalue weighted by molar-refractivity contribution is 5.83. The Kier molecular flexibility index (Phi) is 3.89. The fourth-order valence-electron chi connectivity index (χ4n) is 3.88. The number of fused-ring (bicyclic) bond motifs is 1. The minimum Gasteiger partial charge on any atom is -0.486 e. The largest absolute Gasteiger partial charge is 0.486 e. The molecule has 2 fully saturated rings. The number of piperidine rings is 1. The van der Waals surface area contributed by atoms with Gasteiger partial charge in [0, 0.05) is 25.0 Å². The SMILES string of the molecule is NCC1CCCCN1C(=O)C1CC1c1ccc2c(c1)OCCO2. The van der Waals surface area contributed by atoms with E-state index in [0.29, 0.717) is 31.6 Å². The van der Waals surface area contributed by atoms with Crippen molar-refractivity contribution in [3.63, 3.8) is 0 Å². The van der Waals surface area contributed by atoms with Crippen molar-refractivity contribution < 1.29 is 14.3 Å². The quantitative estimate of drug-likeness (QED) is 0.925. The number of carbonyl (C=O) groups excluding carboxylic acids is 1. The lowest BCUT2D eigenvalue weighted by atomic mass is 10.0. The van der Waals surface area contributed by atoms with Gasteiger partial charge >= 0.3 is 0 Å². The maximum atomic E-state index is 12.8. The van der Waals surface area contributed by atoms with Crippen LogP contribution in [0.3, 0.4) is 0 Å². The van der Waals surface area contributed by atoms with Gasteiger partial charge in [0.1, 0.15) is 13.2 Å². The fraction of sp³-hybridized carbons (Fsp3) is 0.611. The number of nitrogens with two attached hydrogens (primary N) is 1. The number of rotatable bonds is 3. The molecular formula is C18H24N2O3. The standard InChI is InChI=1S/C18H24N2O3/c19-11-13-3-1-2-6-20(13)18(21)15-10-14(15)12-4-5-16-17(9-12)23-8-7-22-16/h4-5,9,13-15H,1-3,6-8,10-11,19H2. The predicted octanol–water partition coefficient (Wildman–Crippen LogP) is 1.90. The Bertz CT molecular complexity index is 604. The summed E-state index contributed by atoms with van der Waals surface area (Å²) >= 11 is 0. The van der Waals surface area contributed by atoms with Gasteiger partial charge in [0.2, 0.25) is 5.91 Å². The molecule has 1 aromatic carbocycles. The first-order valence-electron chi connectivity index (χ1n) is 8.68. The molecule has 0 spiro atoms. The van der Waals surface area contributed by atoms with Crippen LogP contribution in [-0.2, 0) is 4.79 Å². The molecule has 0 aromatic heterocycles. The lowest BCUT2D eigenvalue weighted by molar-refractivity contribution is -0.136. The number of carbonyl (C=O) groups is 1. The smallest absolute Gasteiger partial charge is 0.226 e. The molecule has 1 aromatic rings. The third-order valence-corrected chi connectivity index (χ3v) is 5.28. The van der Waals surface area contributed by atoms with Crippen molar-refractivity contribution in [3.05, 3.63) is 23.8 Å². The van der Waals surface area contributed by atoms with Gasteiger partial charge in [-0.05, 0) is 49.3 Å². The predicted molar refractivity (Wildman–Crippen MR) is 86.7 cm³/mol. The lowest BCUT2D eigenvalue weighted by Gasteiger charge is -2.35. The number of hydrogen-bond acceptors (Lipinski definition) is 4. The second-order valence-electron chi connectivity index (χ2n) is 6.77. The number of hydrogen-bond donors (Lipinski definition) is 1. The number of nitrogens with zero attached hydrogens (tertiary/aromatic N) is 1. The second-order valence-corrected chi connectivity index (χ2v) is 6.77. The average Bonchev–Trinajstić information content (AvgIpc) is 3.41. The zero-order chi connectivity index (χ0) is 15.8. The summed E-state index contributed by atoms with van der Waals surface area (Å²) in [6.07, 6.45) is 4.27. The molecule has 5 nitrogen and oxygen atoms in total. The van der Waals surface area contributed by atoms with Gasteiger partial charge in [-0.1, -0.05) is 6.07 Å². The van der Waals surface area contributed by atoms with Crippen LogP contribution < -0.4 is 15.2 Å². The Morgan fingerprint density at radius 3 is 2.87 bits per heavy atom. The first-order valence-corrected chi connectivity index (χ1v) is 8.68. The van der Waals surface area contributed by atoms with Gasteiger partial charge in [-0.3, -0.25) is 4.79 Å². The van der Waals surface area contributed by atoms with E-state index in [1.165, 1.54) is 12.0 Å². The number of likely N-dealkylation sites (tertiary alicyclic amines) is 1. The van der Waals surface area contributed by atoms with E-state index < -0.39 is 0 Å². The van der Waals surface area contributed by atoms with Crippen LogP contribution in [0.25, 0.3) is 0 Å². The summed E-state index contributed by atoms with van der Waals surface area (Å²) in [6.45, 7) is 2.64. The second kappa shape index (κ2) is 6.04. The Morgan fingerprint density at radius 1 is 1.22 bits per heavy atom. The van der Waals surface area contributed by atoms with E-state index in [9.17, 15) is 4.79 Å². The van der Waals surface area contributed by atoms with Crippen molar-refractivity contribution in [2.45, 2.75) is 37.6 Å². The van der Waals surface area contributed by atoms with Gasteiger partial charge < -0.3 is 20.1 Å². The van der Waals surface area contributed by atoms with Gasteiger partial charge in [0.25, 0.3) is 0 Å². The average molecular weight is 316 g/mol. The lowest BCUT2D eigenvalue weighted by Crippen LogP contribution is -2.48. The molecular weight excluding hydrogens is 292 g/mol. The van der Waals surface area contributed by atoms with Gasteiger partial charge in [0.05, 0.1) is 0 Å². The summed E-state index contributed by atoms with van der Waals surface area (Å²) in [7, 11) is 0. The van der Waals surface area contributed by atoms with Crippen LogP contribution in [0.2, 0.25) is 0 Å². The molecule has 3 unspecified atom stereocenters. The van der Waals surface area contributed by atoms with Crippen molar-refractivity contribution >= 4 is 5.91 Å². The van der Waals surface area contributed by atoms with Crippen molar-refractivity contribution in [2.75, 3.05) is 26.3 Å². The highest BCUT2D eigenvalue weighted by Gasteiger charge is 2.47. The molecule has 1 saturated carbocycles. The van der Waals surface area contributed by atoms with Gasteiger partial charge in [-0.15, -0.1) is 0 Å². The number of benzene rings is 1. The van der Waals surface area contributed by atoms with Crippen LogP contribution in [-0.4, -0.2) is 43.2 Å². The molecule has 2 aliphatic heterocycles. The molecule has 3 aliphatic rings. The molecule has 2 heterocycles. The van der Waals surface area contributed by atoms with Crippen molar-refractivity contribution in [3.8, 4) is 11.5 Å². The van der Waals surface area contributed by atoms with Crippen molar-refractivity contribution in [1.82, 2.24) is 4.90 Å². The van der Waals surface area contributed by atoms with Gasteiger partial charge in [0.15, 0.2) is 11.5 Å². The zero-order valence-electron chi connectivity index (χ0n) is 13.4. The van der Waals surface area contributed by atoms with Crippen LogP contribution in [0.5, 0.6) is 11.5 Å². The van der Waals surface area contributed by atoms with E-state index in [1.54, 1.807) is 0 Å². The summed E-state index contributed by atoms with van der Waals surface area (Å²) < 4.78 is 11.2. The zero-order valence-corrected chi connectivity index (χ0v) is 13.4. The van der Waals surface area contributed by atoms with E-state index in [1.807, 2.05) is 17.0 Å². The summed E-state index contributed by atoms with van der Waals surface area (Å²) in [4.78, 5) is 14.9. The Labute approximate surface area is 136 Å². The first-order chi connectivity index (χ1) is 11.3. The third-order valence-electron chi connectivity index (χ3n) is 5.28. The molecule has 0 radical (unpaired) electrons. The van der Waals surface area contributed by atoms with E-state index in [-0.39, 0.29) is 12.0 Å². The maximum Gasteiger partial charge on any atom is 0.226 e. The minimum atomic E-state index is 0.115. The summed E-state index contributed by atoms with van der Waals surface area (Å²) in [5.41, 5.74) is 7.04. The molecule has 5 heteroatoms. The highest BCUT2D eigenvalue weighted by Crippen LogP contribution is 2.50. The van der Waals surface area contributed by atoms with Crippen LogP contribution in [0.15, 0.2) is 18.2 Å². The molecule has 0 bridgehead atoms. The Hall–Kier alpha value is -1.75. The van der Waals surface area contributed by atoms with E-state index in [0.717, 1.165) is 37.3 Å². The molecule has 1 aliphatic carbocycles. The molecule has 4 rings (SSSR count). The van der Waals surface area contributed by atoms with Crippen LogP contribution in [0.1, 0.15) is 37.2 Å². The van der Waals surface area contributed by atoms with Crippen LogP contribution in [0.4, 0.5) is 0 Å². The van der Waals surface area contributed by atoms with Gasteiger partial charge in [-0.25, -0.2) is 0 Å². The van der Waals surface area contributed by atoms with Crippen LogP contribution >= 0.6 is 0 Å². The Morgan fingerprint density at radius 2 is 2.04 bits per heavy atom. The molecule has 124 valence electrons. The summed E-state index contributed by atoms with van der Waals surface area (Å²) in [5.74, 6) is 2.34.